The Labute approximate surface area is 199 Å². The van der Waals surface area contributed by atoms with Gasteiger partial charge in [0, 0.05) is 41.8 Å². The molecule has 174 valence electrons. The molecule has 7 nitrogen and oxygen atoms in total. The van der Waals surface area contributed by atoms with Crippen LogP contribution in [0.15, 0.2) is 29.4 Å². The normalized spacial score (nSPS) is 16.4. The van der Waals surface area contributed by atoms with E-state index in [-0.39, 0.29) is 5.78 Å². The minimum absolute atomic E-state index is 0.126. The zero-order valence-corrected chi connectivity index (χ0v) is 20.6. The van der Waals surface area contributed by atoms with Crippen LogP contribution >= 0.6 is 11.8 Å². The van der Waals surface area contributed by atoms with Gasteiger partial charge >= 0.3 is 0 Å². The number of Topliss-reactive ketones (excluding diaryl/α,β-unsaturated/α-hetero) is 1. The molecule has 8 heteroatoms. The third-order valence-electron chi connectivity index (χ3n) is 6.67. The van der Waals surface area contributed by atoms with Gasteiger partial charge in [-0.15, -0.1) is 10.2 Å². The van der Waals surface area contributed by atoms with Gasteiger partial charge in [0.2, 0.25) is 5.95 Å². The van der Waals surface area contributed by atoms with Crippen LogP contribution in [0.4, 0.5) is 5.95 Å². The Morgan fingerprint density at radius 1 is 1.06 bits per heavy atom. The summed E-state index contributed by atoms with van der Waals surface area (Å²) in [4.78, 5) is 15.5. The molecule has 1 saturated carbocycles. The van der Waals surface area contributed by atoms with Crippen LogP contribution in [-0.2, 0) is 4.74 Å². The molecule has 1 aliphatic carbocycles. The summed E-state index contributed by atoms with van der Waals surface area (Å²) in [5.41, 5.74) is 6.45. The second kappa shape index (κ2) is 8.99. The second-order valence-electron chi connectivity index (χ2n) is 9.08. The van der Waals surface area contributed by atoms with Crippen LogP contribution in [-0.4, -0.2) is 57.2 Å². The molecule has 0 bridgehead atoms. The highest BCUT2D eigenvalue weighted by Gasteiger charge is 2.32. The zero-order valence-electron chi connectivity index (χ0n) is 19.8. The van der Waals surface area contributed by atoms with Crippen molar-refractivity contribution in [3.63, 3.8) is 0 Å². The van der Waals surface area contributed by atoms with E-state index in [1.54, 1.807) is 0 Å². The molecule has 2 aromatic heterocycles. The quantitative estimate of drug-likeness (QED) is 0.379. The molecule has 2 fully saturated rings. The minimum atomic E-state index is 0.126. The molecule has 3 aromatic rings. The minimum Gasteiger partial charge on any atom is -0.378 e. The van der Waals surface area contributed by atoms with E-state index >= 15 is 0 Å². The zero-order chi connectivity index (χ0) is 23.1. The standard InChI is InChI=1S/C25H31N5O2S/c1-16-5-6-21(13-17(16)2)29-18(3)14-22(19(29)4)23(31)15-33-25-27-26-24(30(25)20-7-8-20)28-9-11-32-12-10-28/h5-6,13-14,20H,7-12,15H2,1-4H3. The average molecular weight is 466 g/mol. The van der Waals surface area contributed by atoms with E-state index in [4.69, 9.17) is 4.74 Å². The third kappa shape index (κ3) is 4.34. The molecule has 5 rings (SSSR count). The van der Waals surface area contributed by atoms with E-state index in [1.807, 2.05) is 13.0 Å². The van der Waals surface area contributed by atoms with E-state index in [0.717, 1.165) is 59.7 Å². The number of benzene rings is 1. The highest BCUT2D eigenvalue weighted by atomic mass is 32.2. The SMILES string of the molecule is Cc1ccc(-n2c(C)cc(C(=O)CSc3nnc(N4CCOCC4)n3C3CC3)c2C)cc1C. The van der Waals surface area contributed by atoms with Gasteiger partial charge in [-0.05, 0) is 69.9 Å². The van der Waals surface area contributed by atoms with E-state index in [9.17, 15) is 4.79 Å². The molecule has 0 amide bonds. The van der Waals surface area contributed by atoms with Crippen LogP contribution in [0.2, 0.25) is 0 Å². The number of rotatable bonds is 7. The number of nitrogens with zero attached hydrogens (tertiary/aromatic N) is 5. The molecular weight excluding hydrogens is 434 g/mol. The number of ketones is 1. The van der Waals surface area contributed by atoms with Gasteiger partial charge in [-0.25, -0.2) is 0 Å². The number of aryl methyl sites for hydroxylation is 3. The van der Waals surface area contributed by atoms with Gasteiger partial charge in [-0.1, -0.05) is 17.8 Å². The van der Waals surface area contributed by atoms with Crippen molar-refractivity contribution in [1.82, 2.24) is 19.3 Å². The topological polar surface area (TPSA) is 65.2 Å². The maximum absolute atomic E-state index is 13.2. The Morgan fingerprint density at radius 2 is 1.82 bits per heavy atom. The summed E-state index contributed by atoms with van der Waals surface area (Å²) in [5.74, 6) is 1.40. The van der Waals surface area contributed by atoms with Crippen molar-refractivity contribution in [2.24, 2.45) is 0 Å². The lowest BCUT2D eigenvalue weighted by molar-refractivity contribution is 0.102. The number of anilines is 1. The van der Waals surface area contributed by atoms with Crippen LogP contribution in [0.5, 0.6) is 0 Å². The number of morpholine rings is 1. The predicted octanol–water partition coefficient (Wildman–Crippen LogP) is 4.45. The summed E-state index contributed by atoms with van der Waals surface area (Å²) in [5, 5.41) is 9.80. The van der Waals surface area contributed by atoms with Crippen molar-refractivity contribution in [3.05, 3.63) is 52.3 Å². The first-order valence-electron chi connectivity index (χ1n) is 11.6. The molecule has 0 unspecified atom stereocenters. The monoisotopic (exact) mass is 465 g/mol. The molecule has 0 spiro atoms. The lowest BCUT2D eigenvalue weighted by Gasteiger charge is -2.27. The van der Waals surface area contributed by atoms with Crippen LogP contribution in [0.25, 0.3) is 5.69 Å². The van der Waals surface area contributed by atoms with Crippen molar-refractivity contribution in [1.29, 1.82) is 0 Å². The summed E-state index contributed by atoms with van der Waals surface area (Å²) in [6.45, 7) is 11.4. The Kier molecular flexibility index (Phi) is 6.05. The summed E-state index contributed by atoms with van der Waals surface area (Å²) < 4.78 is 9.90. The summed E-state index contributed by atoms with van der Waals surface area (Å²) >= 11 is 1.50. The Bertz CT molecular complexity index is 1190. The predicted molar refractivity (Wildman–Crippen MR) is 131 cm³/mol. The van der Waals surface area contributed by atoms with E-state index in [0.29, 0.717) is 25.0 Å². The molecule has 0 N–H and O–H groups in total. The lowest BCUT2D eigenvalue weighted by atomic mass is 10.1. The highest BCUT2D eigenvalue weighted by molar-refractivity contribution is 7.99. The van der Waals surface area contributed by atoms with Crippen molar-refractivity contribution in [2.45, 2.75) is 51.7 Å². The first-order chi connectivity index (χ1) is 15.9. The molecular formula is C25H31N5O2S. The number of hydrogen-bond donors (Lipinski definition) is 0. The van der Waals surface area contributed by atoms with Gasteiger partial charge in [0.1, 0.15) is 0 Å². The maximum Gasteiger partial charge on any atom is 0.228 e. The molecule has 1 saturated heterocycles. The molecule has 1 aliphatic heterocycles. The Morgan fingerprint density at radius 3 is 2.52 bits per heavy atom. The molecule has 2 aliphatic rings. The van der Waals surface area contributed by atoms with Crippen LogP contribution in [0, 0.1) is 27.7 Å². The van der Waals surface area contributed by atoms with E-state index < -0.39 is 0 Å². The van der Waals surface area contributed by atoms with Crippen LogP contribution in [0.1, 0.15) is 51.8 Å². The summed E-state index contributed by atoms with van der Waals surface area (Å²) in [6.07, 6.45) is 2.29. The largest absolute Gasteiger partial charge is 0.378 e. The van der Waals surface area contributed by atoms with Crippen molar-refractivity contribution < 1.29 is 9.53 Å². The number of carbonyl (C=O) groups excluding carboxylic acids is 1. The third-order valence-corrected chi connectivity index (χ3v) is 7.61. The van der Waals surface area contributed by atoms with E-state index in [1.165, 1.54) is 22.9 Å². The average Bonchev–Trinajstić information content (AvgIpc) is 3.49. The van der Waals surface area contributed by atoms with Gasteiger partial charge in [-0.2, -0.15) is 0 Å². The Balaban J connectivity index is 1.35. The van der Waals surface area contributed by atoms with Gasteiger partial charge in [0.15, 0.2) is 10.9 Å². The molecule has 1 aromatic carbocycles. The fraction of sp³-hybridized carbons (Fsp3) is 0.480. The number of thioether (sulfide) groups is 1. The van der Waals surface area contributed by atoms with Gasteiger partial charge in [0.05, 0.1) is 19.0 Å². The van der Waals surface area contributed by atoms with Crippen LogP contribution < -0.4 is 4.90 Å². The first kappa shape index (κ1) is 22.2. The van der Waals surface area contributed by atoms with Crippen molar-refractivity contribution >= 4 is 23.5 Å². The fourth-order valence-electron chi connectivity index (χ4n) is 4.51. The van der Waals surface area contributed by atoms with Gasteiger partial charge in [-0.3, -0.25) is 9.36 Å². The van der Waals surface area contributed by atoms with Crippen LogP contribution in [0.3, 0.4) is 0 Å². The smallest absolute Gasteiger partial charge is 0.228 e. The number of ether oxygens (including phenoxy) is 1. The molecule has 0 radical (unpaired) electrons. The second-order valence-corrected chi connectivity index (χ2v) is 10.0. The maximum atomic E-state index is 13.2. The van der Waals surface area contributed by atoms with E-state index in [2.05, 4.69) is 63.2 Å². The molecule has 3 heterocycles. The lowest BCUT2D eigenvalue weighted by Crippen LogP contribution is -2.38. The number of hydrogen-bond acceptors (Lipinski definition) is 6. The fourth-order valence-corrected chi connectivity index (χ4v) is 5.40. The van der Waals surface area contributed by atoms with Crippen molar-refractivity contribution in [3.8, 4) is 5.69 Å². The molecule has 33 heavy (non-hydrogen) atoms. The highest BCUT2D eigenvalue weighted by Crippen LogP contribution is 2.41. The van der Waals surface area contributed by atoms with Crippen molar-refractivity contribution in [2.75, 3.05) is 37.0 Å². The summed E-state index contributed by atoms with van der Waals surface area (Å²) in [6, 6.07) is 8.90. The number of carbonyl (C=O) groups is 1. The molecule has 0 atom stereocenters. The first-order valence-corrected chi connectivity index (χ1v) is 12.6. The summed E-state index contributed by atoms with van der Waals surface area (Å²) in [7, 11) is 0. The van der Waals surface area contributed by atoms with Gasteiger partial charge in [0.25, 0.3) is 0 Å². The Hall–Kier alpha value is -2.58. The number of aromatic nitrogens is 4. The van der Waals surface area contributed by atoms with Gasteiger partial charge < -0.3 is 14.2 Å².